The Morgan fingerprint density at radius 2 is 1.95 bits per heavy atom. The number of aromatic nitrogens is 2. The second kappa shape index (κ2) is 5.50. The van der Waals surface area contributed by atoms with Gasteiger partial charge in [-0.05, 0) is 37.6 Å². The third-order valence-electron chi connectivity index (χ3n) is 2.98. The third kappa shape index (κ3) is 3.17. The number of ether oxygens (including phenoxy) is 1. The third-order valence-corrected chi connectivity index (χ3v) is 4.09. The number of aryl methyl sites for hydroxylation is 1. The van der Waals surface area contributed by atoms with Gasteiger partial charge in [0.1, 0.15) is 17.4 Å². The van der Waals surface area contributed by atoms with E-state index in [0.717, 1.165) is 6.26 Å². The Morgan fingerprint density at radius 1 is 1.24 bits per heavy atom. The second-order valence-electron chi connectivity index (χ2n) is 4.55. The van der Waals surface area contributed by atoms with Gasteiger partial charge in [0, 0.05) is 6.26 Å². The first-order valence-corrected chi connectivity index (χ1v) is 7.94. The highest BCUT2D eigenvalue weighted by Crippen LogP contribution is 2.26. The van der Waals surface area contributed by atoms with Crippen LogP contribution in [0, 0.1) is 25.2 Å². The molecular formula is C14H13N3O3S. The first-order valence-electron chi connectivity index (χ1n) is 6.05. The Morgan fingerprint density at radius 3 is 2.57 bits per heavy atom. The number of hydrogen-bond acceptors (Lipinski definition) is 6. The highest BCUT2D eigenvalue weighted by atomic mass is 32.2. The van der Waals surface area contributed by atoms with Crippen molar-refractivity contribution in [3.8, 4) is 17.7 Å². The summed E-state index contributed by atoms with van der Waals surface area (Å²) in [4.78, 5) is 0.135. The zero-order valence-corrected chi connectivity index (χ0v) is 12.6. The lowest BCUT2D eigenvalue weighted by atomic mass is 10.1. The van der Waals surface area contributed by atoms with Crippen molar-refractivity contribution in [3.63, 3.8) is 0 Å². The molecule has 0 atom stereocenters. The van der Waals surface area contributed by atoms with Crippen molar-refractivity contribution in [2.24, 2.45) is 0 Å². The van der Waals surface area contributed by atoms with Crippen molar-refractivity contribution in [2.45, 2.75) is 18.7 Å². The van der Waals surface area contributed by atoms with Crippen molar-refractivity contribution < 1.29 is 13.2 Å². The summed E-state index contributed by atoms with van der Waals surface area (Å²) in [6.07, 6.45) is 1.11. The normalized spacial score (nSPS) is 11.0. The van der Waals surface area contributed by atoms with E-state index in [4.69, 9.17) is 4.74 Å². The molecular weight excluding hydrogens is 290 g/mol. The fraction of sp³-hybridized carbons (Fsp3) is 0.214. The lowest BCUT2D eigenvalue weighted by Gasteiger charge is -2.09. The van der Waals surface area contributed by atoms with Crippen LogP contribution in [0.3, 0.4) is 0 Å². The van der Waals surface area contributed by atoms with E-state index in [-0.39, 0.29) is 22.1 Å². The SMILES string of the molecule is Cc1nnc(Oc2cccc(S(C)(=O)=O)c2)c(C#N)c1C. The van der Waals surface area contributed by atoms with Crippen LogP contribution in [0.2, 0.25) is 0 Å². The molecule has 0 spiro atoms. The van der Waals surface area contributed by atoms with Gasteiger partial charge in [0.05, 0.1) is 10.6 Å². The molecule has 21 heavy (non-hydrogen) atoms. The summed E-state index contributed by atoms with van der Waals surface area (Å²) in [6, 6.07) is 8.03. The molecule has 0 bridgehead atoms. The van der Waals surface area contributed by atoms with E-state index in [2.05, 4.69) is 10.2 Å². The highest BCUT2D eigenvalue weighted by Gasteiger charge is 2.14. The largest absolute Gasteiger partial charge is 0.437 e. The van der Waals surface area contributed by atoms with Crippen LogP contribution in [0.15, 0.2) is 29.2 Å². The van der Waals surface area contributed by atoms with Gasteiger partial charge in [-0.3, -0.25) is 0 Å². The van der Waals surface area contributed by atoms with E-state index in [0.29, 0.717) is 11.3 Å². The Balaban J connectivity index is 2.45. The molecule has 2 aromatic rings. The van der Waals surface area contributed by atoms with Gasteiger partial charge in [-0.15, -0.1) is 5.10 Å². The highest BCUT2D eigenvalue weighted by molar-refractivity contribution is 7.90. The molecule has 0 aliphatic heterocycles. The summed E-state index contributed by atoms with van der Waals surface area (Å²) in [5.41, 5.74) is 1.61. The topological polar surface area (TPSA) is 92.9 Å². The summed E-state index contributed by atoms with van der Waals surface area (Å²) < 4.78 is 28.6. The average molecular weight is 303 g/mol. The van der Waals surface area contributed by atoms with Gasteiger partial charge in [-0.1, -0.05) is 6.07 Å². The zero-order chi connectivity index (χ0) is 15.6. The Bertz CT molecular complexity index is 839. The van der Waals surface area contributed by atoms with Crippen LogP contribution in [0.5, 0.6) is 11.6 Å². The minimum Gasteiger partial charge on any atom is -0.437 e. The molecule has 0 aliphatic carbocycles. The van der Waals surface area contributed by atoms with E-state index >= 15 is 0 Å². The number of nitrogens with zero attached hydrogens (tertiary/aromatic N) is 3. The van der Waals surface area contributed by atoms with Crippen LogP contribution >= 0.6 is 0 Å². The minimum absolute atomic E-state index is 0.0613. The van der Waals surface area contributed by atoms with Gasteiger partial charge in [-0.2, -0.15) is 10.4 Å². The second-order valence-corrected chi connectivity index (χ2v) is 6.57. The molecule has 0 radical (unpaired) electrons. The molecule has 0 fully saturated rings. The van der Waals surface area contributed by atoms with E-state index in [1.165, 1.54) is 12.1 Å². The molecule has 1 aromatic heterocycles. The Kier molecular flexibility index (Phi) is 3.91. The van der Waals surface area contributed by atoms with Crippen LogP contribution in [0.1, 0.15) is 16.8 Å². The molecule has 0 aliphatic rings. The minimum atomic E-state index is -3.33. The fourth-order valence-electron chi connectivity index (χ4n) is 1.67. The number of sulfone groups is 1. The number of hydrogen-bond donors (Lipinski definition) is 0. The van der Waals surface area contributed by atoms with E-state index in [9.17, 15) is 13.7 Å². The predicted molar refractivity (Wildman–Crippen MR) is 75.8 cm³/mol. The van der Waals surface area contributed by atoms with E-state index < -0.39 is 9.84 Å². The van der Waals surface area contributed by atoms with Crippen molar-refractivity contribution in [1.82, 2.24) is 10.2 Å². The molecule has 0 amide bonds. The summed E-state index contributed by atoms with van der Waals surface area (Å²) in [5, 5.41) is 17.0. The van der Waals surface area contributed by atoms with Crippen LogP contribution in [-0.4, -0.2) is 24.9 Å². The molecule has 0 unspecified atom stereocenters. The maximum Gasteiger partial charge on any atom is 0.257 e. The zero-order valence-electron chi connectivity index (χ0n) is 11.8. The standard InChI is InChI=1S/C14H13N3O3S/c1-9-10(2)16-17-14(13(9)8-15)20-11-5-4-6-12(7-11)21(3,18)19/h4-7H,1-3H3. The monoisotopic (exact) mass is 303 g/mol. The van der Waals surface area contributed by atoms with Gasteiger partial charge >= 0.3 is 0 Å². The molecule has 7 heteroatoms. The molecule has 0 saturated heterocycles. The van der Waals surface area contributed by atoms with Gasteiger partial charge in [-0.25, -0.2) is 8.42 Å². The van der Waals surface area contributed by atoms with E-state index in [1.807, 2.05) is 6.07 Å². The maximum atomic E-state index is 11.5. The number of rotatable bonds is 3. The van der Waals surface area contributed by atoms with Gasteiger partial charge < -0.3 is 4.74 Å². The fourth-order valence-corrected chi connectivity index (χ4v) is 2.33. The van der Waals surface area contributed by atoms with Crippen molar-refractivity contribution >= 4 is 9.84 Å². The van der Waals surface area contributed by atoms with Crippen molar-refractivity contribution in [1.29, 1.82) is 5.26 Å². The van der Waals surface area contributed by atoms with Crippen LogP contribution in [-0.2, 0) is 9.84 Å². The number of benzene rings is 1. The molecule has 6 nitrogen and oxygen atoms in total. The first kappa shape index (κ1) is 14.9. The Labute approximate surface area is 122 Å². The van der Waals surface area contributed by atoms with Crippen LogP contribution < -0.4 is 4.74 Å². The summed E-state index contributed by atoms with van der Waals surface area (Å²) in [7, 11) is -3.33. The maximum absolute atomic E-state index is 11.5. The molecule has 108 valence electrons. The van der Waals surface area contributed by atoms with Crippen molar-refractivity contribution in [3.05, 3.63) is 41.1 Å². The van der Waals surface area contributed by atoms with Gasteiger partial charge in [0.15, 0.2) is 9.84 Å². The molecule has 0 saturated carbocycles. The average Bonchev–Trinajstić information content (AvgIpc) is 2.43. The molecule has 0 N–H and O–H groups in total. The summed E-state index contributed by atoms with van der Waals surface area (Å²) >= 11 is 0. The lowest BCUT2D eigenvalue weighted by molar-refractivity contribution is 0.450. The molecule has 2 rings (SSSR count). The van der Waals surface area contributed by atoms with Gasteiger partial charge in [0.25, 0.3) is 5.88 Å². The molecule has 1 heterocycles. The van der Waals surface area contributed by atoms with Crippen LogP contribution in [0.25, 0.3) is 0 Å². The molecule has 1 aromatic carbocycles. The quantitative estimate of drug-likeness (QED) is 0.862. The van der Waals surface area contributed by atoms with Gasteiger partial charge in [0.2, 0.25) is 0 Å². The smallest absolute Gasteiger partial charge is 0.257 e. The first-order chi connectivity index (χ1) is 9.82. The van der Waals surface area contributed by atoms with E-state index in [1.54, 1.807) is 26.0 Å². The number of nitriles is 1. The summed E-state index contributed by atoms with van der Waals surface area (Å²) in [6.45, 7) is 3.50. The predicted octanol–water partition coefficient (Wildman–Crippen LogP) is 2.16. The van der Waals surface area contributed by atoms with Crippen LogP contribution in [0.4, 0.5) is 0 Å². The summed E-state index contributed by atoms with van der Waals surface area (Å²) in [5.74, 6) is 0.346. The lowest BCUT2D eigenvalue weighted by Crippen LogP contribution is -2.01. The Hall–Kier alpha value is -2.46. The van der Waals surface area contributed by atoms with Crippen molar-refractivity contribution in [2.75, 3.05) is 6.26 Å².